The van der Waals surface area contributed by atoms with Crippen LogP contribution in [-0.2, 0) is 9.53 Å². The Morgan fingerprint density at radius 3 is 2.94 bits per heavy atom. The van der Waals surface area contributed by atoms with E-state index in [4.69, 9.17) is 4.74 Å². The Labute approximate surface area is 102 Å². The maximum Gasteiger partial charge on any atom is 0.342 e. The van der Waals surface area contributed by atoms with E-state index in [1.54, 1.807) is 6.07 Å². The zero-order chi connectivity index (χ0) is 12.9. The molecule has 1 aliphatic carbocycles. The lowest BCUT2D eigenvalue weighted by molar-refractivity contribution is -0.152. The molecule has 0 amide bonds. The third-order valence-corrected chi connectivity index (χ3v) is 3.35. The Morgan fingerprint density at radius 1 is 1.44 bits per heavy atom. The van der Waals surface area contributed by atoms with Crippen molar-refractivity contribution in [3.05, 3.63) is 41.7 Å². The number of esters is 1. The predicted octanol–water partition coefficient (Wildman–Crippen LogP) is 0.630. The topological polar surface area (TPSA) is 66.8 Å². The zero-order valence-corrected chi connectivity index (χ0v) is 9.34. The maximum absolute atomic E-state index is 13.2. The Kier molecular flexibility index (Phi) is 2.30. The van der Waals surface area contributed by atoms with Crippen molar-refractivity contribution in [3.63, 3.8) is 0 Å². The van der Waals surface area contributed by atoms with E-state index < -0.39 is 29.6 Å². The summed E-state index contributed by atoms with van der Waals surface area (Å²) in [5.41, 5.74) is -0.950. The Hall–Kier alpha value is -1.72. The van der Waals surface area contributed by atoms with Crippen LogP contribution in [-0.4, -0.2) is 34.0 Å². The largest absolute Gasteiger partial charge is 0.457 e. The molecule has 0 unspecified atom stereocenters. The molecule has 1 heterocycles. The Bertz CT molecular complexity index is 554. The van der Waals surface area contributed by atoms with E-state index in [2.05, 4.69) is 0 Å². The summed E-state index contributed by atoms with van der Waals surface area (Å²) in [7, 11) is 0. The summed E-state index contributed by atoms with van der Waals surface area (Å²) in [6.45, 7) is 0. The minimum Gasteiger partial charge on any atom is -0.457 e. The molecule has 0 spiro atoms. The van der Waals surface area contributed by atoms with E-state index in [1.807, 2.05) is 0 Å². The molecule has 2 bridgehead atoms. The van der Waals surface area contributed by atoms with Crippen LogP contribution in [0.1, 0.15) is 12.0 Å². The lowest BCUT2D eigenvalue weighted by atomic mass is 9.83. The number of aliphatic hydroxyl groups is 2. The number of carbonyl (C=O) groups is 1. The number of rotatable bonds is 1. The van der Waals surface area contributed by atoms with E-state index in [9.17, 15) is 19.4 Å². The fourth-order valence-electron chi connectivity index (χ4n) is 2.43. The highest BCUT2D eigenvalue weighted by Gasteiger charge is 2.53. The molecule has 3 rings (SSSR count). The first-order valence-corrected chi connectivity index (χ1v) is 5.60. The second-order valence-corrected chi connectivity index (χ2v) is 4.63. The molecule has 94 valence electrons. The van der Waals surface area contributed by atoms with Gasteiger partial charge in [0.1, 0.15) is 18.0 Å². The van der Waals surface area contributed by atoms with Crippen molar-refractivity contribution in [2.45, 2.75) is 24.2 Å². The van der Waals surface area contributed by atoms with Crippen LogP contribution in [0.5, 0.6) is 0 Å². The van der Waals surface area contributed by atoms with Gasteiger partial charge in [-0.2, -0.15) is 0 Å². The molecule has 5 heteroatoms. The molecule has 1 aromatic rings. The highest BCUT2D eigenvalue weighted by Crippen LogP contribution is 2.40. The highest BCUT2D eigenvalue weighted by atomic mass is 19.1. The summed E-state index contributed by atoms with van der Waals surface area (Å²) < 4.78 is 18.1. The zero-order valence-electron chi connectivity index (χ0n) is 9.34. The van der Waals surface area contributed by atoms with Crippen molar-refractivity contribution < 1.29 is 24.1 Å². The van der Waals surface area contributed by atoms with Crippen LogP contribution in [0.4, 0.5) is 4.39 Å². The van der Waals surface area contributed by atoms with Gasteiger partial charge in [0.25, 0.3) is 0 Å². The molecular weight excluding hydrogens is 239 g/mol. The first-order chi connectivity index (χ1) is 8.49. The van der Waals surface area contributed by atoms with Gasteiger partial charge in [-0.25, -0.2) is 9.18 Å². The number of hydrogen-bond donors (Lipinski definition) is 2. The Morgan fingerprint density at radius 2 is 2.22 bits per heavy atom. The van der Waals surface area contributed by atoms with Crippen LogP contribution >= 0.6 is 0 Å². The molecule has 1 saturated heterocycles. The van der Waals surface area contributed by atoms with E-state index in [-0.39, 0.29) is 6.42 Å². The smallest absolute Gasteiger partial charge is 0.342 e. The molecule has 3 atom stereocenters. The lowest BCUT2D eigenvalue weighted by Gasteiger charge is -2.26. The third-order valence-electron chi connectivity index (χ3n) is 3.35. The van der Waals surface area contributed by atoms with Crippen molar-refractivity contribution in [1.29, 1.82) is 0 Å². The van der Waals surface area contributed by atoms with Crippen LogP contribution in [0.3, 0.4) is 0 Å². The van der Waals surface area contributed by atoms with Crippen molar-refractivity contribution in [3.8, 4) is 0 Å². The molecule has 1 fully saturated rings. The summed E-state index contributed by atoms with van der Waals surface area (Å²) >= 11 is 0. The normalized spacial score (nSPS) is 34.2. The van der Waals surface area contributed by atoms with Gasteiger partial charge >= 0.3 is 5.97 Å². The van der Waals surface area contributed by atoms with Gasteiger partial charge in [-0.05, 0) is 29.3 Å². The van der Waals surface area contributed by atoms with Crippen LogP contribution < -0.4 is 0 Å². The van der Waals surface area contributed by atoms with Crippen molar-refractivity contribution in [1.82, 2.24) is 0 Å². The van der Waals surface area contributed by atoms with Gasteiger partial charge in [-0.3, -0.25) is 0 Å². The molecule has 1 aromatic carbocycles. The van der Waals surface area contributed by atoms with Gasteiger partial charge in [-0.1, -0.05) is 12.1 Å². The summed E-state index contributed by atoms with van der Waals surface area (Å²) in [4.78, 5) is 11.5. The van der Waals surface area contributed by atoms with Gasteiger partial charge in [0.05, 0.1) is 0 Å². The van der Waals surface area contributed by atoms with Gasteiger partial charge in [0, 0.05) is 6.42 Å². The molecule has 4 nitrogen and oxygen atoms in total. The molecule has 18 heavy (non-hydrogen) atoms. The number of halogens is 1. The van der Waals surface area contributed by atoms with E-state index in [0.29, 0.717) is 11.1 Å². The second-order valence-electron chi connectivity index (χ2n) is 4.63. The average Bonchev–Trinajstić information content (AvgIpc) is 2.58. The molecular formula is C13H11FO4. The third kappa shape index (κ3) is 1.55. The van der Waals surface area contributed by atoms with Gasteiger partial charge in [0.15, 0.2) is 5.60 Å². The summed E-state index contributed by atoms with van der Waals surface area (Å²) in [6, 6.07) is 5.64. The number of carbonyl (C=O) groups excluding carboxylic acids is 1. The monoisotopic (exact) mass is 250 g/mol. The van der Waals surface area contributed by atoms with E-state index in [0.717, 1.165) is 0 Å². The number of ether oxygens (including phenoxy) is 1. The standard InChI is InChI=1S/C13H11FO4/c14-8-3-1-2-7(4-8)9-5-13(17)6-10(11(9)15)18-12(13)16/h1-5,10-11,15,17H,6H2/t10-,11-,13+/m1/s1. The molecule has 1 aliphatic heterocycles. The SMILES string of the molecule is O=C1O[C@@H]2C[C@@]1(O)C=C(c1cccc(F)c1)[C@H]2O. The summed E-state index contributed by atoms with van der Waals surface area (Å²) in [5, 5.41) is 20.1. The molecule has 0 saturated carbocycles. The van der Waals surface area contributed by atoms with E-state index in [1.165, 1.54) is 24.3 Å². The number of benzene rings is 1. The first-order valence-electron chi connectivity index (χ1n) is 5.60. The molecule has 0 radical (unpaired) electrons. The molecule has 2 aliphatic rings. The van der Waals surface area contributed by atoms with Gasteiger partial charge < -0.3 is 14.9 Å². The fraction of sp³-hybridized carbons (Fsp3) is 0.308. The predicted molar refractivity (Wildman–Crippen MR) is 59.8 cm³/mol. The first kappa shape index (κ1) is 11.4. The van der Waals surface area contributed by atoms with Crippen LogP contribution in [0.2, 0.25) is 0 Å². The van der Waals surface area contributed by atoms with E-state index >= 15 is 0 Å². The van der Waals surface area contributed by atoms with Crippen LogP contribution in [0, 0.1) is 5.82 Å². The minimum atomic E-state index is -1.70. The molecule has 2 N–H and O–H groups in total. The quantitative estimate of drug-likeness (QED) is 0.717. The maximum atomic E-state index is 13.2. The van der Waals surface area contributed by atoms with Crippen molar-refractivity contribution in [2.75, 3.05) is 0 Å². The minimum absolute atomic E-state index is 0.0335. The molecule has 0 aromatic heterocycles. The van der Waals surface area contributed by atoms with Crippen LogP contribution in [0.25, 0.3) is 5.57 Å². The highest BCUT2D eigenvalue weighted by molar-refractivity contribution is 5.90. The lowest BCUT2D eigenvalue weighted by Crippen LogP contribution is -2.37. The number of fused-ring (bicyclic) bond motifs is 2. The average molecular weight is 250 g/mol. The van der Waals surface area contributed by atoms with Gasteiger partial charge in [0.2, 0.25) is 0 Å². The van der Waals surface area contributed by atoms with Crippen molar-refractivity contribution >= 4 is 11.5 Å². The number of aliphatic hydroxyl groups excluding tert-OH is 1. The second kappa shape index (κ2) is 3.63. The van der Waals surface area contributed by atoms with Crippen LogP contribution in [0.15, 0.2) is 30.3 Å². The summed E-state index contributed by atoms with van der Waals surface area (Å²) in [5.74, 6) is -1.21. The summed E-state index contributed by atoms with van der Waals surface area (Å²) in [6.07, 6.45) is -0.520. The van der Waals surface area contributed by atoms with Crippen molar-refractivity contribution in [2.24, 2.45) is 0 Å². The Balaban J connectivity index is 2.09. The fourth-order valence-corrected chi connectivity index (χ4v) is 2.43. The number of hydrogen-bond acceptors (Lipinski definition) is 4. The van der Waals surface area contributed by atoms with Gasteiger partial charge in [-0.15, -0.1) is 0 Å².